The first-order chi connectivity index (χ1) is 7.92. The third-order valence-corrected chi connectivity index (χ3v) is 3.57. The van der Waals surface area contributed by atoms with Crippen LogP contribution in [-0.2, 0) is 24.1 Å². The molecule has 1 aromatic rings. The van der Waals surface area contributed by atoms with Crippen LogP contribution in [-0.4, -0.2) is 16.2 Å². The molecule has 2 N–H and O–H groups in total. The first-order valence-corrected chi connectivity index (χ1v) is 5.98. The Hall–Kier alpha value is -1.51. The zero-order valence-electron chi connectivity index (χ0n) is 10.3. The van der Waals surface area contributed by atoms with Crippen molar-refractivity contribution in [2.24, 2.45) is 5.41 Å². The number of aryl methyl sites for hydroxylation is 1. The molecule has 0 aliphatic heterocycles. The zero-order valence-corrected chi connectivity index (χ0v) is 10.3. The number of carbonyl (C=O) groups is 1. The minimum absolute atomic E-state index is 0.236. The van der Waals surface area contributed by atoms with Crippen molar-refractivity contribution in [3.63, 3.8) is 0 Å². The van der Waals surface area contributed by atoms with Gasteiger partial charge in [-0.3, -0.25) is 4.79 Å². The molecule has 2 rings (SSSR count). The number of benzene rings is 1. The van der Waals surface area contributed by atoms with E-state index in [9.17, 15) is 9.90 Å². The number of fused-ring (bicyclic) bond motifs is 1. The van der Waals surface area contributed by atoms with Crippen LogP contribution in [0, 0.1) is 5.41 Å². The summed E-state index contributed by atoms with van der Waals surface area (Å²) < 4.78 is 0. The van der Waals surface area contributed by atoms with Crippen LogP contribution >= 0.6 is 0 Å². The van der Waals surface area contributed by atoms with Crippen molar-refractivity contribution < 1.29 is 15.0 Å². The summed E-state index contributed by atoms with van der Waals surface area (Å²) in [6.45, 7) is 3.40. The number of phenols is 1. The van der Waals surface area contributed by atoms with Crippen LogP contribution in [0.5, 0.6) is 5.75 Å². The third kappa shape index (κ3) is 2.14. The molecule has 0 bridgehead atoms. The summed E-state index contributed by atoms with van der Waals surface area (Å²) in [5, 5.41) is 19.1. The Labute approximate surface area is 101 Å². The van der Waals surface area contributed by atoms with Crippen LogP contribution in [0.25, 0.3) is 0 Å². The van der Waals surface area contributed by atoms with Crippen molar-refractivity contribution in [2.45, 2.75) is 39.5 Å². The number of phenolic OH excluding ortho intramolecular Hbond substituents is 1. The van der Waals surface area contributed by atoms with Gasteiger partial charge in [0, 0.05) is 0 Å². The summed E-state index contributed by atoms with van der Waals surface area (Å²) in [4.78, 5) is 11.2. The molecule has 0 spiro atoms. The minimum Gasteiger partial charge on any atom is -0.508 e. The molecule has 0 saturated carbocycles. The van der Waals surface area contributed by atoms with Crippen molar-refractivity contribution in [1.82, 2.24) is 0 Å². The van der Waals surface area contributed by atoms with Crippen LogP contribution in [0.3, 0.4) is 0 Å². The average Bonchev–Trinajstić information content (AvgIpc) is 2.70. The summed E-state index contributed by atoms with van der Waals surface area (Å²) in [7, 11) is 0. The predicted octanol–water partition coefficient (Wildman–Crippen LogP) is 2.53. The Morgan fingerprint density at radius 2 is 2.06 bits per heavy atom. The van der Waals surface area contributed by atoms with Gasteiger partial charge in [-0.25, -0.2) is 0 Å². The third-order valence-electron chi connectivity index (χ3n) is 3.57. The molecule has 0 radical (unpaired) electrons. The normalized spacial score (nSPS) is 14.7. The van der Waals surface area contributed by atoms with E-state index in [1.807, 2.05) is 6.07 Å². The van der Waals surface area contributed by atoms with Crippen LogP contribution < -0.4 is 0 Å². The van der Waals surface area contributed by atoms with Gasteiger partial charge < -0.3 is 10.2 Å². The van der Waals surface area contributed by atoms with Crippen molar-refractivity contribution in [2.75, 3.05) is 0 Å². The largest absolute Gasteiger partial charge is 0.508 e. The summed E-state index contributed by atoms with van der Waals surface area (Å²) in [6.07, 6.45) is 3.47. The highest BCUT2D eigenvalue weighted by Crippen LogP contribution is 2.35. The molecule has 0 aromatic heterocycles. The summed E-state index contributed by atoms with van der Waals surface area (Å²) >= 11 is 0. The van der Waals surface area contributed by atoms with Gasteiger partial charge in [-0.2, -0.15) is 0 Å². The van der Waals surface area contributed by atoms with Crippen LogP contribution in [0.2, 0.25) is 0 Å². The molecule has 0 atom stereocenters. The molecular formula is C14H18O3. The second-order valence-corrected chi connectivity index (χ2v) is 5.42. The molecule has 92 valence electrons. The van der Waals surface area contributed by atoms with E-state index in [-0.39, 0.29) is 5.75 Å². The molecule has 0 heterocycles. The zero-order chi connectivity index (χ0) is 12.6. The van der Waals surface area contributed by atoms with Gasteiger partial charge in [0.15, 0.2) is 0 Å². The van der Waals surface area contributed by atoms with Gasteiger partial charge in [0.05, 0.1) is 5.41 Å². The second kappa shape index (κ2) is 4.06. The van der Waals surface area contributed by atoms with E-state index in [0.717, 1.165) is 24.8 Å². The molecule has 0 saturated heterocycles. The van der Waals surface area contributed by atoms with E-state index in [1.54, 1.807) is 19.9 Å². The van der Waals surface area contributed by atoms with E-state index in [0.29, 0.717) is 6.42 Å². The highest BCUT2D eigenvalue weighted by Gasteiger charge is 2.30. The standard InChI is InChI=1S/C14H18O3/c1-14(2,13(16)17)8-11-10-5-3-4-9(10)6-7-12(11)15/h6-7,15H,3-5,8H2,1-2H3,(H,16,17). The maximum atomic E-state index is 11.2. The van der Waals surface area contributed by atoms with E-state index in [4.69, 9.17) is 5.11 Å². The summed E-state index contributed by atoms with van der Waals surface area (Å²) in [6, 6.07) is 3.65. The Bertz CT molecular complexity index is 461. The highest BCUT2D eigenvalue weighted by molar-refractivity contribution is 5.74. The van der Waals surface area contributed by atoms with Gasteiger partial charge >= 0.3 is 5.97 Å². The fourth-order valence-corrected chi connectivity index (χ4v) is 2.45. The molecule has 3 heteroatoms. The Balaban J connectivity index is 2.39. The van der Waals surface area contributed by atoms with Crippen molar-refractivity contribution in [3.05, 3.63) is 28.8 Å². The topological polar surface area (TPSA) is 57.5 Å². The van der Waals surface area contributed by atoms with Crippen molar-refractivity contribution in [3.8, 4) is 5.75 Å². The Morgan fingerprint density at radius 3 is 2.71 bits per heavy atom. The van der Waals surface area contributed by atoms with Gasteiger partial charge in [0.25, 0.3) is 0 Å². The van der Waals surface area contributed by atoms with Gasteiger partial charge in [0.1, 0.15) is 5.75 Å². The Morgan fingerprint density at radius 1 is 1.35 bits per heavy atom. The van der Waals surface area contributed by atoms with Crippen molar-refractivity contribution >= 4 is 5.97 Å². The predicted molar refractivity (Wildman–Crippen MR) is 65.3 cm³/mol. The van der Waals surface area contributed by atoms with Gasteiger partial charge in [0.2, 0.25) is 0 Å². The average molecular weight is 234 g/mol. The number of hydrogen-bond acceptors (Lipinski definition) is 2. The number of carboxylic acids is 1. The van der Waals surface area contributed by atoms with Gasteiger partial charge in [-0.05, 0) is 62.3 Å². The lowest BCUT2D eigenvalue weighted by atomic mass is 9.83. The first kappa shape index (κ1) is 12.0. The number of aliphatic carboxylic acids is 1. The molecule has 0 fully saturated rings. The fraction of sp³-hybridized carbons (Fsp3) is 0.500. The molecule has 1 aliphatic rings. The van der Waals surface area contributed by atoms with Crippen LogP contribution in [0.1, 0.15) is 37.0 Å². The molecule has 3 nitrogen and oxygen atoms in total. The number of aromatic hydroxyl groups is 1. The maximum Gasteiger partial charge on any atom is 0.309 e. The van der Waals surface area contributed by atoms with Crippen LogP contribution in [0.4, 0.5) is 0 Å². The molecule has 1 aliphatic carbocycles. The summed E-state index contributed by atoms with van der Waals surface area (Å²) in [5.41, 5.74) is 2.42. The Kier molecular flexibility index (Phi) is 2.86. The number of hydrogen-bond donors (Lipinski definition) is 2. The lowest BCUT2D eigenvalue weighted by Gasteiger charge is -2.21. The quantitative estimate of drug-likeness (QED) is 0.845. The highest BCUT2D eigenvalue weighted by atomic mass is 16.4. The van der Waals surface area contributed by atoms with E-state index in [1.165, 1.54) is 11.1 Å². The molecule has 17 heavy (non-hydrogen) atoms. The molecule has 1 aromatic carbocycles. The summed E-state index contributed by atoms with van der Waals surface area (Å²) in [5.74, 6) is -0.590. The minimum atomic E-state index is -0.838. The van der Waals surface area contributed by atoms with Crippen molar-refractivity contribution in [1.29, 1.82) is 0 Å². The maximum absolute atomic E-state index is 11.2. The number of carboxylic acid groups (broad SMARTS) is 1. The molecular weight excluding hydrogens is 216 g/mol. The SMILES string of the molecule is CC(C)(Cc1c(O)ccc2c1CCC2)C(=O)O. The number of rotatable bonds is 3. The smallest absolute Gasteiger partial charge is 0.309 e. The fourth-order valence-electron chi connectivity index (χ4n) is 2.45. The lowest BCUT2D eigenvalue weighted by Crippen LogP contribution is -2.26. The van der Waals surface area contributed by atoms with E-state index >= 15 is 0 Å². The van der Waals surface area contributed by atoms with E-state index < -0.39 is 11.4 Å². The second-order valence-electron chi connectivity index (χ2n) is 5.42. The molecule has 0 unspecified atom stereocenters. The molecule has 0 amide bonds. The monoisotopic (exact) mass is 234 g/mol. The van der Waals surface area contributed by atoms with E-state index in [2.05, 4.69) is 0 Å². The van der Waals surface area contributed by atoms with Gasteiger partial charge in [-0.1, -0.05) is 6.07 Å². The first-order valence-electron chi connectivity index (χ1n) is 5.98. The van der Waals surface area contributed by atoms with Gasteiger partial charge in [-0.15, -0.1) is 0 Å². The lowest BCUT2D eigenvalue weighted by molar-refractivity contribution is -0.146. The van der Waals surface area contributed by atoms with Crippen LogP contribution in [0.15, 0.2) is 12.1 Å².